The molecule has 0 radical (unpaired) electrons. The molecule has 0 spiro atoms. The maximum atomic E-state index is 9.23. The van der Waals surface area contributed by atoms with Gasteiger partial charge in [0.1, 0.15) is 11.4 Å². The zero-order chi connectivity index (χ0) is 4.99. The summed E-state index contributed by atoms with van der Waals surface area (Å²) in [5.41, 5.74) is 0. The first-order chi connectivity index (χ1) is 2.77. The molecule has 0 aromatic rings. The SMILES string of the molecule is N=COS(=O)[O-].[Cs+].[H-]. The Labute approximate surface area is 104 Å². The van der Waals surface area contributed by atoms with Crippen molar-refractivity contribution in [3.05, 3.63) is 0 Å². The smallest absolute Gasteiger partial charge is 1.00 e. The van der Waals surface area contributed by atoms with Crippen molar-refractivity contribution in [2.24, 2.45) is 0 Å². The van der Waals surface area contributed by atoms with Crippen molar-refractivity contribution in [1.29, 1.82) is 5.41 Å². The molecule has 0 rings (SSSR count). The van der Waals surface area contributed by atoms with E-state index < -0.39 is 11.4 Å². The first-order valence-corrected chi connectivity index (χ1v) is 2.02. The van der Waals surface area contributed by atoms with Gasteiger partial charge >= 0.3 is 68.9 Å². The van der Waals surface area contributed by atoms with E-state index in [0.29, 0.717) is 6.40 Å². The number of nitrogens with one attached hydrogen (secondary N) is 1. The van der Waals surface area contributed by atoms with Gasteiger partial charge in [0.05, 0.1) is 0 Å². The average Bonchev–Trinajstić information content (AvgIpc) is 1.35. The maximum Gasteiger partial charge on any atom is 1.00 e. The van der Waals surface area contributed by atoms with Crippen LogP contribution in [0.15, 0.2) is 0 Å². The van der Waals surface area contributed by atoms with Gasteiger partial charge in [-0.2, -0.15) is 0 Å². The third kappa shape index (κ3) is 11.3. The second-order valence-electron chi connectivity index (χ2n) is 0.418. The van der Waals surface area contributed by atoms with Crippen molar-refractivity contribution in [3.63, 3.8) is 0 Å². The van der Waals surface area contributed by atoms with Crippen LogP contribution in [0.25, 0.3) is 0 Å². The largest absolute Gasteiger partial charge is 1.00 e. The molecule has 1 N–H and O–H groups in total. The molecular formula is CH3CsNO3S-. The molecule has 38 valence electrons. The number of hydrogen-bond acceptors (Lipinski definition) is 4. The summed E-state index contributed by atoms with van der Waals surface area (Å²) in [5, 5.41) is 5.99. The van der Waals surface area contributed by atoms with Crippen LogP contribution in [0, 0.1) is 5.41 Å². The van der Waals surface area contributed by atoms with Gasteiger partial charge in [0.25, 0.3) is 0 Å². The average molecular weight is 242 g/mol. The van der Waals surface area contributed by atoms with Gasteiger partial charge in [-0.1, -0.05) is 0 Å². The van der Waals surface area contributed by atoms with Crippen molar-refractivity contribution in [3.8, 4) is 0 Å². The van der Waals surface area contributed by atoms with Crippen LogP contribution in [0.1, 0.15) is 1.43 Å². The van der Waals surface area contributed by atoms with Crippen molar-refractivity contribution in [2.45, 2.75) is 0 Å². The molecule has 1 atom stereocenters. The fourth-order valence-corrected chi connectivity index (χ4v) is 0.118. The Hall–Kier alpha value is 1.63. The topological polar surface area (TPSA) is 73.2 Å². The van der Waals surface area contributed by atoms with E-state index in [1.807, 2.05) is 0 Å². The quantitative estimate of drug-likeness (QED) is 0.310. The van der Waals surface area contributed by atoms with Gasteiger partial charge in [0.15, 0.2) is 6.40 Å². The molecule has 0 aliphatic carbocycles. The van der Waals surface area contributed by atoms with Crippen LogP contribution < -0.4 is 68.9 Å². The molecule has 0 saturated heterocycles. The molecule has 0 saturated carbocycles. The fraction of sp³-hybridized carbons (Fsp3) is 0. The third-order valence-corrected chi connectivity index (χ3v) is 0.380. The summed E-state index contributed by atoms with van der Waals surface area (Å²) in [6.07, 6.45) is 0.336. The summed E-state index contributed by atoms with van der Waals surface area (Å²) < 4.78 is 22.0. The first kappa shape index (κ1) is 11.4. The van der Waals surface area contributed by atoms with E-state index in [-0.39, 0.29) is 70.3 Å². The summed E-state index contributed by atoms with van der Waals surface area (Å²) in [4.78, 5) is 0. The number of hydrogen-bond donors (Lipinski definition) is 1. The van der Waals surface area contributed by atoms with Gasteiger partial charge in [0.2, 0.25) is 0 Å². The van der Waals surface area contributed by atoms with E-state index in [2.05, 4.69) is 4.18 Å². The minimum atomic E-state index is -2.56. The van der Waals surface area contributed by atoms with Crippen LogP contribution in [-0.2, 0) is 15.5 Å². The number of rotatable bonds is 2. The molecule has 1 unspecified atom stereocenters. The van der Waals surface area contributed by atoms with E-state index >= 15 is 0 Å². The fourth-order valence-electron chi connectivity index (χ4n) is 0.0393. The van der Waals surface area contributed by atoms with Crippen molar-refractivity contribution in [1.82, 2.24) is 0 Å². The molecule has 0 fully saturated rings. The summed E-state index contributed by atoms with van der Waals surface area (Å²) in [6.45, 7) is 0. The van der Waals surface area contributed by atoms with E-state index in [4.69, 9.17) is 5.41 Å². The van der Waals surface area contributed by atoms with Crippen molar-refractivity contribution < 1.29 is 83.3 Å². The zero-order valence-corrected chi connectivity index (χ0v) is 10.8. The molecule has 0 heterocycles. The van der Waals surface area contributed by atoms with Crippen LogP contribution in [0.3, 0.4) is 0 Å². The van der Waals surface area contributed by atoms with E-state index in [0.717, 1.165) is 0 Å². The van der Waals surface area contributed by atoms with Crippen LogP contribution in [-0.4, -0.2) is 15.2 Å². The normalized spacial score (nSPS) is 11.0. The first-order valence-electron chi connectivity index (χ1n) is 1.02. The summed E-state index contributed by atoms with van der Waals surface area (Å²) in [6, 6.07) is 0. The predicted molar refractivity (Wildman–Crippen MR) is 19.9 cm³/mol. The van der Waals surface area contributed by atoms with Crippen molar-refractivity contribution in [2.75, 3.05) is 0 Å². The molecule has 0 aromatic carbocycles. The monoisotopic (exact) mass is 242 g/mol. The Bertz CT molecular complexity index is 79.7. The van der Waals surface area contributed by atoms with Crippen LogP contribution in [0.5, 0.6) is 0 Å². The van der Waals surface area contributed by atoms with E-state index in [9.17, 15) is 8.76 Å². The van der Waals surface area contributed by atoms with Gasteiger partial charge in [-0.3, -0.25) is 5.41 Å². The molecule has 6 heteroatoms. The van der Waals surface area contributed by atoms with Crippen LogP contribution in [0.2, 0.25) is 0 Å². The minimum absolute atomic E-state index is 0. The van der Waals surface area contributed by atoms with E-state index in [1.54, 1.807) is 0 Å². The van der Waals surface area contributed by atoms with E-state index in [1.165, 1.54) is 0 Å². The molecule has 0 aromatic heterocycles. The molecular weight excluding hydrogens is 239 g/mol. The molecule has 0 amide bonds. The van der Waals surface area contributed by atoms with Gasteiger partial charge in [-0.15, -0.1) is 0 Å². The molecule has 4 nitrogen and oxygen atoms in total. The molecule has 7 heavy (non-hydrogen) atoms. The second kappa shape index (κ2) is 7.63. The molecule has 0 aliphatic heterocycles. The molecule has 0 aliphatic rings. The van der Waals surface area contributed by atoms with Gasteiger partial charge in [-0.05, 0) is 0 Å². The Morgan fingerprint density at radius 2 is 2.43 bits per heavy atom. The summed E-state index contributed by atoms with van der Waals surface area (Å²) >= 11 is -2.56. The van der Waals surface area contributed by atoms with Crippen LogP contribution in [0.4, 0.5) is 0 Å². The minimum Gasteiger partial charge on any atom is -1.00 e. The van der Waals surface area contributed by atoms with Crippen molar-refractivity contribution >= 4 is 17.8 Å². The zero-order valence-electron chi connectivity index (χ0n) is 4.71. The summed E-state index contributed by atoms with van der Waals surface area (Å²) in [5.74, 6) is 0. The summed E-state index contributed by atoms with van der Waals surface area (Å²) in [7, 11) is 0. The van der Waals surface area contributed by atoms with Gasteiger partial charge < -0.3 is 10.2 Å². The Balaban J connectivity index is -0.000000125. The van der Waals surface area contributed by atoms with Gasteiger partial charge in [-0.25, -0.2) is 4.21 Å². The van der Waals surface area contributed by atoms with Gasteiger partial charge in [0, 0.05) is 0 Å². The Morgan fingerprint density at radius 3 is 2.43 bits per heavy atom. The maximum absolute atomic E-state index is 9.23. The standard InChI is InChI=1S/CH3NO3S.Cs.H/c2-1-5-6(3)4;;/h1-2H,(H,3,4);;/q;+1;-1/p-1. The molecule has 0 bridgehead atoms. The predicted octanol–water partition coefficient (Wildman–Crippen LogP) is -3.48. The Morgan fingerprint density at radius 1 is 2.00 bits per heavy atom. The Kier molecular flexibility index (Phi) is 12.5. The second-order valence-corrected chi connectivity index (χ2v) is 1.02. The third-order valence-electron chi connectivity index (χ3n) is 0.127. The van der Waals surface area contributed by atoms with Crippen LogP contribution >= 0.6 is 0 Å².